The van der Waals surface area contributed by atoms with E-state index >= 15 is 0 Å². The van der Waals surface area contributed by atoms with Gasteiger partial charge in [0, 0.05) is 6.92 Å². The molecule has 0 radical (unpaired) electrons. The van der Waals surface area contributed by atoms with Gasteiger partial charge in [0.2, 0.25) is 0 Å². The van der Waals surface area contributed by atoms with Crippen molar-refractivity contribution in [2.45, 2.75) is 64.8 Å². The summed E-state index contributed by atoms with van der Waals surface area (Å²) in [6.07, 6.45) is 2.05. The average Bonchev–Trinajstić information content (AvgIpc) is 2.96. The third kappa shape index (κ3) is 1.29. The highest BCUT2D eigenvalue weighted by Crippen LogP contribution is 2.75. The fourth-order valence-corrected chi connectivity index (χ4v) is 4.29. The highest BCUT2D eigenvalue weighted by atomic mass is 16.7. The summed E-state index contributed by atoms with van der Waals surface area (Å²) in [5.74, 6) is 1.34. The predicted molar refractivity (Wildman–Crippen MR) is 63.4 cm³/mol. The van der Waals surface area contributed by atoms with Crippen LogP contribution in [-0.2, 0) is 14.3 Å². The Morgan fingerprint density at radius 2 is 1.88 bits per heavy atom. The molecule has 3 nitrogen and oxygen atoms in total. The first-order valence-corrected chi connectivity index (χ1v) is 6.60. The van der Waals surface area contributed by atoms with E-state index in [0.29, 0.717) is 5.41 Å². The number of ether oxygens (including phenoxy) is 2. The zero-order chi connectivity index (χ0) is 12.6. The molecular weight excluding hydrogens is 216 g/mol. The first-order valence-electron chi connectivity index (χ1n) is 6.60. The van der Waals surface area contributed by atoms with Crippen molar-refractivity contribution in [1.82, 2.24) is 0 Å². The third-order valence-electron chi connectivity index (χ3n) is 5.68. The molecule has 0 bridgehead atoms. The number of carbonyl (C=O) groups is 1. The van der Waals surface area contributed by atoms with Gasteiger partial charge in [0.25, 0.3) is 0 Å². The molecule has 2 aliphatic carbocycles. The lowest BCUT2D eigenvalue weighted by molar-refractivity contribution is -0.149. The van der Waals surface area contributed by atoms with Crippen LogP contribution in [0.5, 0.6) is 0 Å². The van der Waals surface area contributed by atoms with Crippen molar-refractivity contribution in [3.8, 4) is 0 Å². The Morgan fingerprint density at radius 1 is 1.29 bits per heavy atom. The number of hydrogen-bond donors (Lipinski definition) is 0. The predicted octanol–water partition coefficient (Wildman–Crippen LogP) is 2.53. The maximum atomic E-state index is 11.1. The Bertz CT molecular complexity index is 389. The molecule has 0 aromatic rings. The van der Waals surface area contributed by atoms with Gasteiger partial charge in [-0.2, -0.15) is 0 Å². The van der Waals surface area contributed by atoms with E-state index in [2.05, 4.69) is 20.8 Å². The molecule has 96 valence electrons. The molecular formula is C14H22O3. The molecule has 3 fully saturated rings. The monoisotopic (exact) mass is 238 g/mol. The number of esters is 1. The molecule has 0 aromatic carbocycles. The summed E-state index contributed by atoms with van der Waals surface area (Å²) < 4.78 is 11.4. The molecule has 1 saturated heterocycles. The second-order valence-corrected chi connectivity index (χ2v) is 6.92. The Hall–Kier alpha value is -0.570. The van der Waals surface area contributed by atoms with Crippen molar-refractivity contribution >= 4 is 5.97 Å². The Morgan fingerprint density at radius 3 is 2.47 bits per heavy atom. The van der Waals surface area contributed by atoms with Crippen LogP contribution in [0.15, 0.2) is 0 Å². The summed E-state index contributed by atoms with van der Waals surface area (Å²) in [4.78, 5) is 11.1. The van der Waals surface area contributed by atoms with Gasteiger partial charge in [0.05, 0.1) is 5.60 Å². The fourth-order valence-electron chi connectivity index (χ4n) is 4.29. The van der Waals surface area contributed by atoms with Gasteiger partial charge in [-0.3, -0.25) is 4.79 Å². The van der Waals surface area contributed by atoms with E-state index in [4.69, 9.17) is 9.47 Å². The summed E-state index contributed by atoms with van der Waals surface area (Å²) in [5.41, 5.74) is 0.202. The zero-order valence-electron chi connectivity index (χ0n) is 11.4. The Labute approximate surface area is 103 Å². The summed E-state index contributed by atoms with van der Waals surface area (Å²) in [6.45, 7) is 10.3. The topological polar surface area (TPSA) is 38.8 Å². The van der Waals surface area contributed by atoms with Crippen LogP contribution in [0.1, 0.15) is 47.5 Å². The lowest BCUT2D eigenvalue weighted by Gasteiger charge is -2.26. The van der Waals surface area contributed by atoms with Gasteiger partial charge in [-0.15, -0.1) is 0 Å². The lowest BCUT2D eigenvalue weighted by atomic mass is 9.77. The summed E-state index contributed by atoms with van der Waals surface area (Å²) in [6, 6.07) is 0. The molecule has 3 aliphatic rings. The van der Waals surface area contributed by atoms with Gasteiger partial charge in [0.15, 0.2) is 0 Å². The molecule has 0 amide bonds. The second kappa shape index (κ2) is 2.87. The molecule has 5 atom stereocenters. The Balaban J connectivity index is 1.79. The van der Waals surface area contributed by atoms with Crippen LogP contribution in [0, 0.1) is 17.3 Å². The van der Waals surface area contributed by atoms with E-state index in [1.54, 1.807) is 0 Å². The second-order valence-electron chi connectivity index (χ2n) is 6.92. The SMILES string of the molecule is CC(=O)OC(C)[C@@]12CC3C(C[C@]1(C)O2)C3(C)C. The Kier molecular flexibility index (Phi) is 1.95. The van der Waals surface area contributed by atoms with Gasteiger partial charge in [-0.05, 0) is 43.9 Å². The van der Waals surface area contributed by atoms with Crippen LogP contribution < -0.4 is 0 Å². The van der Waals surface area contributed by atoms with Crippen LogP contribution in [0.2, 0.25) is 0 Å². The summed E-state index contributed by atoms with van der Waals surface area (Å²) >= 11 is 0. The standard InChI is InChI=1S/C14H22O3/c1-8(16-9(2)15)14-7-11-10(12(11,3)4)6-13(14,5)17-14/h8,10-11H,6-7H2,1-5H3/t8?,10?,11?,13-,14-/m0/s1. The quantitative estimate of drug-likeness (QED) is 0.548. The molecule has 3 rings (SSSR count). The lowest BCUT2D eigenvalue weighted by Crippen LogP contribution is -2.40. The fraction of sp³-hybridized carbons (Fsp3) is 0.929. The van der Waals surface area contributed by atoms with Crippen molar-refractivity contribution in [3.63, 3.8) is 0 Å². The van der Waals surface area contributed by atoms with E-state index in [1.807, 2.05) is 6.92 Å². The van der Waals surface area contributed by atoms with Gasteiger partial charge in [0.1, 0.15) is 11.7 Å². The van der Waals surface area contributed by atoms with Gasteiger partial charge < -0.3 is 9.47 Å². The van der Waals surface area contributed by atoms with Gasteiger partial charge >= 0.3 is 5.97 Å². The smallest absolute Gasteiger partial charge is 0.302 e. The van der Waals surface area contributed by atoms with Crippen LogP contribution >= 0.6 is 0 Å². The van der Waals surface area contributed by atoms with Gasteiger partial charge in [-0.1, -0.05) is 13.8 Å². The first kappa shape index (κ1) is 11.5. The van der Waals surface area contributed by atoms with E-state index in [-0.39, 0.29) is 23.3 Å². The first-order chi connectivity index (χ1) is 7.73. The van der Waals surface area contributed by atoms with E-state index < -0.39 is 0 Å². The molecule has 0 N–H and O–H groups in total. The van der Waals surface area contributed by atoms with Crippen LogP contribution in [0.25, 0.3) is 0 Å². The summed E-state index contributed by atoms with van der Waals surface area (Å²) in [5, 5.41) is 0. The van der Waals surface area contributed by atoms with Crippen molar-refractivity contribution in [1.29, 1.82) is 0 Å². The normalized spacial score (nSPS) is 50.9. The number of fused-ring (bicyclic) bond motifs is 2. The maximum Gasteiger partial charge on any atom is 0.302 e. The van der Waals surface area contributed by atoms with E-state index in [0.717, 1.165) is 24.7 Å². The molecule has 2 saturated carbocycles. The van der Waals surface area contributed by atoms with E-state index in [9.17, 15) is 4.79 Å². The van der Waals surface area contributed by atoms with Crippen molar-refractivity contribution < 1.29 is 14.3 Å². The molecule has 0 spiro atoms. The largest absolute Gasteiger partial charge is 0.460 e. The van der Waals surface area contributed by atoms with Crippen molar-refractivity contribution in [2.75, 3.05) is 0 Å². The van der Waals surface area contributed by atoms with Crippen molar-refractivity contribution in [3.05, 3.63) is 0 Å². The minimum absolute atomic E-state index is 0.0587. The number of carbonyl (C=O) groups excluding carboxylic acids is 1. The van der Waals surface area contributed by atoms with Crippen LogP contribution in [0.4, 0.5) is 0 Å². The minimum atomic E-state index is -0.207. The maximum absolute atomic E-state index is 11.1. The average molecular weight is 238 g/mol. The highest BCUT2D eigenvalue weighted by molar-refractivity contribution is 5.66. The van der Waals surface area contributed by atoms with Crippen LogP contribution in [-0.4, -0.2) is 23.3 Å². The van der Waals surface area contributed by atoms with E-state index in [1.165, 1.54) is 6.92 Å². The molecule has 3 heteroatoms. The van der Waals surface area contributed by atoms with Crippen molar-refractivity contribution in [2.24, 2.45) is 17.3 Å². The molecule has 0 aromatic heterocycles. The number of hydrogen-bond acceptors (Lipinski definition) is 3. The highest BCUT2D eigenvalue weighted by Gasteiger charge is 2.80. The van der Waals surface area contributed by atoms with Crippen LogP contribution in [0.3, 0.4) is 0 Å². The minimum Gasteiger partial charge on any atom is -0.460 e. The molecule has 1 heterocycles. The zero-order valence-corrected chi connectivity index (χ0v) is 11.4. The van der Waals surface area contributed by atoms with Gasteiger partial charge in [-0.25, -0.2) is 0 Å². The molecule has 1 aliphatic heterocycles. The number of epoxide rings is 1. The summed E-state index contributed by atoms with van der Waals surface area (Å²) in [7, 11) is 0. The molecule has 3 unspecified atom stereocenters. The molecule has 17 heavy (non-hydrogen) atoms. The third-order valence-corrected chi connectivity index (χ3v) is 5.68. The number of rotatable bonds is 2.